The van der Waals surface area contributed by atoms with Crippen LogP contribution in [0, 0.1) is 0 Å². The molecule has 0 amide bonds. The number of rotatable bonds is 7. The molecule has 2 nitrogen and oxygen atoms in total. The molecule has 3 heteroatoms. The summed E-state index contributed by atoms with van der Waals surface area (Å²) in [7, 11) is 0. The van der Waals surface area contributed by atoms with Crippen LogP contribution in [0.3, 0.4) is 0 Å². The van der Waals surface area contributed by atoms with Gasteiger partial charge in [0.1, 0.15) is 0 Å². The summed E-state index contributed by atoms with van der Waals surface area (Å²) in [4.78, 5) is 5.48. The van der Waals surface area contributed by atoms with Crippen molar-refractivity contribution in [3.8, 4) is 0 Å². The third kappa shape index (κ3) is 4.66. The summed E-state index contributed by atoms with van der Waals surface area (Å²) in [6.45, 7) is 5.34. The second-order valence-corrected chi connectivity index (χ2v) is 5.98. The Bertz CT molecular complexity index is 496. The van der Waals surface area contributed by atoms with E-state index in [1.807, 2.05) is 30.2 Å². The first-order valence-electron chi connectivity index (χ1n) is 7.14. The average Bonchev–Trinajstić information content (AvgIpc) is 2.49. The van der Waals surface area contributed by atoms with Gasteiger partial charge in [0.05, 0.1) is 0 Å². The van der Waals surface area contributed by atoms with Crippen LogP contribution in [0.2, 0.25) is 0 Å². The number of aryl methyl sites for hydroxylation is 1. The number of hydrogen-bond acceptors (Lipinski definition) is 3. The zero-order valence-electron chi connectivity index (χ0n) is 12.2. The smallest absolute Gasteiger partial charge is 0.0300 e. The zero-order valence-corrected chi connectivity index (χ0v) is 13.0. The Labute approximate surface area is 126 Å². The molecule has 0 saturated heterocycles. The number of nitrogens with zero attached hydrogens (tertiary/aromatic N) is 1. The Balaban J connectivity index is 1.82. The number of nitrogens with one attached hydrogen (secondary N) is 1. The van der Waals surface area contributed by atoms with Gasteiger partial charge >= 0.3 is 0 Å². The van der Waals surface area contributed by atoms with E-state index in [4.69, 9.17) is 0 Å². The highest BCUT2D eigenvalue weighted by Crippen LogP contribution is 2.21. The van der Waals surface area contributed by atoms with Gasteiger partial charge in [-0.25, -0.2) is 0 Å². The number of pyridine rings is 1. The van der Waals surface area contributed by atoms with Crippen LogP contribution in [0.4, 0.5) is 0 Å². The highest BCUT2D eigenvalue weighted by atomic mass is 32.2. The van der Waals surface area contributed by atoms with Gasteiger partial charge in [-0.1, -0.05) is 25.1 Å². The number of thioether (sulfide) groups is 1. The molecule has 1 aromatic heterocycles. The molecule has 2 aromatic rings. The molecule has 0 aliphatic heterocycles. The summed E-state index contributed by atoms with van der Waals surface area (Å²) in [5.41, 5.74) is 2.65. The molecule has 1 heterocycles. The van der Waals surface area contributed by atoms with Gasteiger partial charge in [0.2, 0.25) is 0 Å². The maximum Gasteiger partial charge on any atom is 0.0300 e. The standard InChI is InChI=1S/C17H22N2S/c1-3-19-14(2)16-6-8-17(9-7-16)20-12-10-15-5-4-11-18-13-15/h4-9,11,13-14,19H,3,10,12H2,1-2H3. The van der Waals surface area contributed by atoms with Gasteiger partial charge in [0, 0.05) is 29.1 Å². The molecule has 0 saturated carbocycles. The van der Waals surface area contributed by atoms with Crippen LogP contribution in [0.1, 0.15) is 31.0 Å². The molecule has 2 rings (SSSR count). The van der Waals surface area contributed by atoms with Gasteiger partial charge in [-0.05, 0) is 49.2 Å². The van der Waals surface area contributed by atoms with Crippen molar-refractivity contribution in [2.45, 2.75) is 31.2 Å². The fourth-order valence-corrected chi connectivity index (χ4v) is 3.01. The normalized spacial score (nSPS) is 12.3. The van der Waals surface area contributed by atoms with Crippen LogP contribution >= 0.6 is 11.8 Å². The first-order chi connectivity index (χ1) is 9.79. The predicted octanol–water partition coefficient (Wildman–Crippen LogP) is 4.09. The molecular weight excluding hydrogens is 264 g/mol. The van der Waals surface area contributed by atoms with Gasteiger partial charge in [-0.2, -0.15) is 0 Å². The summed E-state index contributed by atoms with van der Waals surface area (Å²) in [5, 5.41) is 3.43. The van der Waals surface area contributed by atoms with Crippen LogP contribution in [0.15, 0.2) is 53.7 Å². The molecule has 0 fully saturated rings. The van der Waals surface area contributed by atoms with E-state index in [1.165, 1.54) is 16.0 Å². The van der Waals surface area contributed by atoms with E-state index in [0.29, 0.717) is 6.04 Å². The maximum atomic E-state index is 4.14. The Kier molecular flexibility index (Phi) is 6.09. The highest BCUT2D eigenvalue weighted by Gasteiger charge is 2.03. The van der Waals surface area contributed by atoms with Crippen LogP contribution in [0.5, 0.6) is 0 Å². The fraction of sp³-hybridized carbons (Fsp3) is 0.353. The molecular formula is C17H22N2S. The van der Waals surface area contributed by atoms with Crippen molar-refractivity contribution in [3.63, 3.8) is 0 Å². The number of benzene rings is 1. The average molecular weight is 286 g/mol. The third-order valence-electron chi connectivity index (χ3n) is 3.27. The third-order valence-corrected chi connectivity index (χ3v) is 4.29. The SMILES string of the molecule is CCNC(C)c1ccc(SCCc2cccnc2)cc1. The second-order valence-electron chi connectivity index (χ2n) is 4.81. The van der Waals surface area contributed by atoms with E-state index in [1.54, 1.807) is 0 Å². The quantitative estimate of drug-likeness (QED) is 0.776. The van der Waals surface area contributed by atoms with Crippen LogP contribution in [-0.2, 0) is 6.42 Å². The minimum Gasteiger partial charge on any atom is -0.310 e. The first kappa shape index (κ1) is 15.1. The van der Waals surface area contributed by atoms with Gasteiger partial charge in [0.15, 0.2) is 0 Å². The van der Waals surface area contributed by atoms with Gasteiger partial charge in [0.25, 0.3) is 0 Å². The molecule has 1 aromatic carbocycles. The van der Waals surface area contributed by atoms with E-state index in [2.05, 4.69) is 54.5 Å². The Morgan fingerprint density at radius 3 is 2.65 bits per heavy atom. The molecule has 0 radical (unpaired) electrons. The molecule has 20 heavy (non-hydrogen) atoms. The van der Waals surface area contributed by atoms with E-state index in [9.17, 15) is 0 Å². The zero-order chi connectivity index (χ0) is 14.2. The van der Waals surface area contributed by atoms with Gasteiger partial charge < -0.3 is 5.32 Å². The van der Waals surface area contributed by atoms with Crippen molar-refractivity contribution in [3.05, 3.63) is 59.9 Å². The summed E-state index contributed by atoms with van der Waals surface area (Å²) < 4.78 is 0. The second kappa shape index (κ2) is 8.08. The minimum absolute atomic E-state index is 0.425. The largest absolute Gasteiger partial charge is 0.310 e. The monoisotopic (exact) mass is 286 g/mol. The van der Waals surface area contributed by atoms with Gasteiger partial charge in [-0.15, -0.1) is 11.8 Å². The van der Waals surface area contributed by atoms with E-state index >= 15 is 0 Å². The van der Waals surface area contributed by atoms with E-state index < -0.39 is 0 Å². The summed E-state index contributed by atoms with van der Waals surface area (Å²) in [5.74, 6) is 1.09. The Hall–Kier alpha value is -1.32. The molecule has 0 spiro atoms. The summed E-state index contributed by atoms with van der Waals surface area (Å²) >= 11 is 1.90. The van der Waals surface area contributed by atoms with Crippen molar-refractivity contribution in [2.75, 3.05) is 12.3 Å². The Morgan fingerprint density at radius 2 is 2.00 bits per heavy atom. The maximum absolute atomic E-state index is 4.14. The number of hydrogen-bond donors (Lipinski definition) is 1. The van der Waals surface area contributed by atoms with Crippen LogP contribution < -0.4 is 5.32 Å². The van der Waals surface area contributed by atoms with Crippen molar-refractivity contribution < 1.29 is 0 Å². The lowest BCUT2D eigenvalue weighted by atomic mass is 10.1. The lowest BCUT2D eigenvalue weighted by Gasteiger charge is -2.13. The molecule has 106 valence electrons. The summed E-state index contributed by atoms with van der Waals surface area (Å²) in [6.07, 6.45) is 4.83. The molecule has 0 aliphatic carbocycles. The van der Waals surface area contributed by atoms with Crippen molar-refractivity contribution in [1.82, 2.24) is 10.3 Å². The lowest BCUT2D eigenvalue weighted by molar-refractivity contribution is 0.598. The van der Waals surface area contributed by atoms with E-state index in [0.717, 1.165) is 18.7 Å². The van der Waals surface area contributed by atoms with Crippen LogP contribution in [-0.4, -0.2) is 17.3 Å². The van der Waals surface area contributed by atoms with Crippen molar-refractivity contribution in [1.29, 1.82) is 0 Å². The Morgan fingerprint density at radius 1 is 1.20 bits per heavy atom. The van der Waals surface area contributed by atoms with Gasteiger partial charge in [-0.3, -0.25) is 4.98 Å². The highest BCUT2D eigenvalue weighted by molar-refractivity contribution is 7.99. The molecule has 1 unspecified atom stereocenters. The lowest BCUT2D eigenvalue weighted by Crippen LogP contribution is -2.17. The van der Waals surface area contributed by atoms with Crippen molar-refractivity contribution >= 4 is 11.8 Å². The summed E-state index contributed by atoms with van der Waals surface area (Å²) in [6, 6.07) is 13.4. The minimum atomic E-state index is 0.425. The molecule has 1 N–H and O–H groups in total. The molecule has 1 atom stereocenters. The van der Waals surface area contributed by atoms with Crippen LogP contribution in [0.25, 0.3) is 0 Å². The first-order valence-corrected chi connectivity index (χ1v) is 8.13. The van der Waals surface area contributed by atoms with Crippen molar-refractivity contribution in [2.24, 2.45) is 0 Å². The predicted molar refractivity (Wildman–Crippen MR) is 87.2 cm³/mol. The molecule has 0 aliphatic rings. The molecule has 0 bridgehead atoms. The van der Waals surface area contributed by atoms with E-state index in [-0.39, 0.29) is 0 Å². The fourth-order valence-electron chi connectivity index (χ4n) is 2.11. The number of aromatic nitrogens is 1. The topological polar surface area (TPSA) is 24.9 Å².